The lowest BCUT2D eigenvalue weighted by Crippen LogP contribution is -2.51. The molecule has 0 radical (unpaired) electrons. The number of sulfonamides is 1. The smallest absolute Gasteiger partial charge is 0.244 e. The highest BCUT2D eigenvalue weighted by molar-refractivity contribution is 7.92. The number of methoxy groups -OCH3 is 2. The van der Waals surface area contributed by atoms with Gasteiger partial charge in [-0.15, -0.1) is 0 Å². The van der Waals surface area contributed by atoms with E-state index in [0.717, 1.165) is 16.1 Å². The topological polar surface area (TPSA) is 105 Å². The molecule has 0 heterocycles. The van der Waals surface area contributed by atoms with Crippen molar-refractivity contribution < 1.29 is 27.5 Å². The van der Waals surface area contributed by atoms with E-state index in [4.69, 9.17) is 21.1 Å². The molecule has 0 aliphatic carbocycles. The number of halogens is 1. The minimum absolute atomic E-state index is 0.0661. The van der Waals surface area contributed by atoms with Crippen LogP contribution in [0.25, 0.3) is 0 Å². The maximum atomic E-state index is 13.6. The lowest BCUT2D eigenvalue weighted by atomic mass is 10.1. The summed E-state index contributed by atoms with van der Waals surface area (Å²) in [5, 5.41) is 3.12. The van der Waals surface area contributed by atoms with Gasteiger partial charge in [0.25, 0.3) is 0 Å². The van der Waals surface area contributed by atoms with Crippen LogP contribution in [0.4, 0.5) is 5.69 Å². The van der Waals surface area contributed by atoms with E-state index in [1.165, 1.54) is 31.3 Å². The van der Waals surface area contributed by atoms with E-state index in [1.54, 1.807) is 37.3 Å². The summed E-state index contributed by atoms with van der Waals surface area (Å²) in [5.41, 5.74) is 0.844. The zero-order valence-corrected chi connectivity index (χ0v) is 23.0. The van der Waals surface area contributed by atoms with Crippen molar-refractivity contribution in [2.75, 3.05) is 37.9 Å². The highest BCUT2D eigenvalue weighted by Crippen LogP contribution is 2.33. The molecule has 0 aliphatic rings. The lowest BCUT2D eigenvalue weighted by Gasteiger charge is -2.32. The van der Waals surface area contributed by atoms with E-state index >= 15 is 0 Å². The van der Waals surface area contributed by atoms with Crippen molar-refractivity contribution in [3.05, 3.63) is 53.1 Å². The van der Waals surface area contributed by atoms with Crippen molar-refractivity contribution in [1.82, 2.24) is 10.2 Å². The van der Waals surface area contributed by atoms with Gasteiger partial charge in [0.2, 0.25) is 21.8 Å². The molecular formula is C25H34ClN3O6S. The fraction of sp³-hybridized carbons (Fsp3) is 0.440. The van der Waals surface area contributed by atoms with Crippen LogP contribution in [0, 0.1) is 5.92 Å². The van der Waals surface area contributed by atoms with Gasteiger partial charge in [-0.25, -0.2) is 8.42 Å². The van der Waals surface area contributed by atoms with Crippen molar-refractivity contribution in [3.8, 4) is 11.5 Å². The predicted molar refractivity (Wildman–Crippen MR) is 141 cm³/mol. The van der Waals surface area contributed by atoms with Crippen molar-refractivity contribution in [2.45, 2.75) is 33.4 Å². The Morgan fingerprint density at radius 2 is 1.75 bits per heavy atom. The molecule has 0 unspecified atom stereocenters. The first kappa shape index (κ1) is 29.3. The van der Waals surface area contributed by atoms with Crippen LogP contribution in [0.3, 0.4) is 0 Å². The average molecular weight is 540 g/mol. The van der Waals surface area contributed by atoms with Crippen LogP contribution in [0.2, 0.25) is 5.02 Å². The number of rotatable bonds is 12. The van der Waals surface area contributed by atoms with Gasteiger partial charge in [0.1, 0.15) is 24.1 Å². The molecule has 198 valence electrons. The molecule has 0 aliphatic heterocycles. The summed E-state index contributed by atoms with van der Waals surface area (Å²) in [6.45, 7) is 5.49. The molecule has 0 aromatic heterocycles. The zero-order valence-electron chi connectivity index (χ0n) is 21.4. The summed E-state index contributed by atoms with van der Waals surface area (Å²) < 4.78 is 37.0. The van der Waals surface area contributed by atoms with Gasteiger partial charge in [-0.1, -0.05) is 37.6 Å². The summed E-state index contributed by atoms with van der Waals surface area (Å²) in [7, 11) is -0.992. The third-order valence-corrected chi connectivity index (χ3v) is 6.79. The molecule has 2 aromatic rings. The molecule has 2 rings (SSSR count). The highest BCUT2D eigenvalue weighted by Gasteiger charge is 2.31. The molecule has 2 aromatic carbocycles. The molecule has 9 nitrogen and oxygen atoms in total. The van der Waals surface area contributed by atoms with Crippen LogP contribution in [0.1, 0.15) is 26.3 Å². The number of benzene rings is 2. The number of carbonyl (C=O) groups is 2. The highest BCUT2D eigenvalue weighted by atomic mass is 35.5. The number of ether oxygens (including phenoxy) is 2. The second kappa shape index (κ2) is 12.8. The molecule has 0 saturated carbocycles. The number of anilines is 1. The summed E-state index contributed by atoms with van der Waals surface area (Å²) in [6.07, 6.45) is 0.992. The minimum Gasteiger partial charge on any atom is -0.497 e. The van der Waals surface area contributed by atoms with Gasteiger partial charge < -0.3 is 19.7 Å². The van der Waals surface area contributed by atoms with Crippen molar-refractivity contribution >= 4 is 39.1 Å². The van der Waals surface area contributed by atoms with Gasteiger partial charge in [-0.2, -0.15) is 0 Å². The monoisotopic (exact) mass is 539 g/mol. The Hall–Kier alpha value is -2.98. The van der Waals surface area contributed by atoms with E-state index in [0.29, 0.717) is 12.3 Å². The van der Waals surface area contributed by atoms with Crippen LogP contribution in [0.5, 0.6) is 11.5 Å². The van der Waals surface area contributed by atoms with Gasteiger partial charge in [0.15, 0.2) is 0 Å². The first-order valence-electron chi connectivity index (χ1n) is 11.4. The molecule has 0 fully saturated rings. The van der Waals surface area contributed by atoms with Gasteiger partial charge >= 0.3 is 0 Å². The van der Waals surface area contributed by atoms with Crippen LogP contribution in [0.15, 0.2) is 42.5 Å². The first-order chi connectivity index (χ1) is 16.9. The summed E-state index contributed by atoms with van der Waals surface area (Å²) in [5.74, 6) is 0.140. The Morgan fingerprint density at radius 3 is 2.33 bits per heavy atom. The van der Waals surface area contributed by atoms with Gasteiger partial charge in [0, 0.05) is 18.1 Å². The molecule has 0 bridgehead atoms. The Kier molecular flexibility index (Phi) is 10.4. The maximum absolute atomic E-state index is 13.6. The van der Waals surface area contributed by atoms with E-state index in [-0.39, 0.29) is 34.8 Å². The number of hydrogen-bond acceptors (Lipinski definition) is 6. The standard InChI is InChI=1S/C25H34ClN3O6S/c1-17(2)14-27-25(31)18(3)28(15-19-8-7-9-21(12-19)34-4)24(30)16-29(36(6,32)33)22-13-20(26)10-11-23(22)35-5/h7-13,17-18H,14-16H2,1-6H3,(H,27,31)/t18-/m1/s1. The quantitative estimate of drug-likeness (QED) is 0.443. The van der Waals surface area contributed by atoms with E-state index in [2.05, 4.69) is 5.32 Å². The molecule has 0 spiro atoms. The van der Waals surface area contributed by atoms with Gasteiger partial charge in [0.05, 0.1) is 26.2 Å². The molecule has 11 heteroatoms. The Bertz CT molecular complexity index is 1170. The second-order valence-electron chi connectivity index (χ2n) is 8.77. The molecule has 1 N–H and O–H groups in total. The fourth-order valence-corrected chi connectivity index (χ4v) is 4.47. The van der Waals surface area contributed by atoms with Crippen LogP contribution in [-0.4, -0.2) is 64.7 Å². The van der Waals surface area contributed by atoms with E-state index in [9.17, 15) is 18.0 Å². The Balaban J connectivity index is 2.45. The normalized spacial score (nSPS) is 12.1. The van der Waals surface area contributed by atoms with E-state index < -0.39 is 28.5 Å². The molecular weight excluding hydrogens is 506 g/mol. The summed E-state index contributed by atoms with van der Waals surface area (Å²) in [4.78, 5) is 27.9. The van der Waals surface area contributed by atoms with Crippen molar-refractivity contribution in [2.24, 2.45) is 5.92 Å². The largest absolute Gasteiger partial charge is 0.497 e. The number of nitrogens with zero attached hydrogens (tertiary/aromatic N) is 2. The zero-order chi connectivity index (χ0) is 27.0. The fourth-order valence-electron chi connectivity index (χ4n) is 3.46. The van der Waals surface area contributed by atoms with E-state index in [1.807, 2.05) is 13.8 Å². The molecule has 36 heavy (non-hydrogen) atoms. The van der Waals surface area contributed by atoms with Gasteiger partial charge in [-0.3, -0.25) is 13.9 Å². The van der Waals surface area contributed by atoms with Crippen LogP contribution in [-0.2, 0) is 26.2 Å². The lowest BCUT2D eigenvalue weighted by molar-refractivity contribution is -0.139. The summed E-state index contributed by atoms with van der Waals surface area (Å²) >= 11 is 6.12. The van der Waals surface area contributed by atoms with Gasteiger partial charge in [-0.05, 0) is 48.7 Å². The number of nitrogens with one attached hydrogen (secondary N) is 1. The molecule has 2 amide bonds. The molecule has 1 atom stereocenters. The Morgan fingerprint density at radius 1 is 1.06 bits per heavy atom. The van der Waals surface area contributed by atoms with Crippen molar-refractivity contribution in [3.63, 3.8) is 0 Å². The number of amides is 2. The maximum Gasteiger partial charge on any atom is 0.244 e. The number of hydrogen-bond donors (Lipinski definition) is 1. The van der Waals surface area contributed by atoms with Crippen LogP contribution >= 0.6 is 11.6 Å². The minimum atomic E-state index is -3.92. The SMILES string of the molecule is COc1cccc(CN(C(=O)CN(c2cc(Cl)ccc2OC)S(C)(=O)=O)[C@H](C)C(=O)NCC(C)C)c1. The number of carbonyl (C=O) groups excluding carboxylic acids is 2. The average Bonchev–Trinajstić information content (AvgIpc) is 2.83. The second-order valence-corrected chi connectivity index (χ2v) is 11.1. The third-order valence-electron chi connectivity index (χ3n) is 5.43. The van der Waals surface area contributed by atoms with Crippen LogP contribution < -0.4 is 19.1 Å². The first-order valence-corrected chi connectivity index (χ1v) is 13.6. The predicted octanol–water partition coefficient (Wildman–Crippen LogP) is 3.31. The Labute approximate surface area is 218 Å². The third kappa shape index (κ3) is 8.03. The summed E-state index contributed by atoms with van der Waals surface area (Å²) in [6, 6.07) is 10.7. The van der Waals surface area contributed by atoms with Crippen molar-refractivity contribution in [1.29, 1.82) is 0 Å². The molecule has 0 saturated heterocycles.